The predicted molar refractivity (Wildman–Crippen MR) is 72.3 cm³/mol. The standard InChI is InChI=1S/C15H21NO3/c1-11-3-4-13(17-2)12(9-11)14-18-10-15(19-14)5-7-16-8-6-15/h3-4,9,14,16H,5-8,10H2,1-2H3. The second kappa shape index (κ2) is 5.12. The van der Waals surface area contributed by atoms with Crippen LogP contribution in [0.2, 0.25) is 0 Å². The average molecular weight is 263 g/mol. The molecule has 104 valence electrons. The third-order valence-corrected chi connectivity index (χ3v) is 4.01. The normalized spacial score (nSPS) is 25.7. The van der Waals surface area contributed by atoms with Gasteiger partial charge in [0.1, 0.15) is 5.75 Å². The van der Waals surface area contributed by atoms with Crippen LogP contribution in [0.3, 0.4) is 0 Å². The number of rotatable bonds is 2. The molecule has 3 rings (SSSR count). The van der Waals surface area contributed by atoms with Gasteiger partial charge in [-0.05, 0) is 45.0 Å². The van der Waals surface area contributed by atoms with Crippen LogP contribution in [0.1, 0.15) is 30.3 Å². The first-order valence-electron chi connectivity index (χ1n) is 6.87. The van der Waals surface area contributed by atoms with E-state index in [-0.39, 0.29) is 11.9 Å². The van der Waals surface area contributed by atoms with Crippen molar-refractivity contribution in [2.75, 3.05) is 26.8 Å². The first-order chi connectivity index (χ1) is 9.22. The van der Waals surface area contributed by atoms with Crippen molar-refractivity contribution in [2.45, 2.75) is 31.7 Å². The van der Waals surface area contributed by atoms with Crippen LogP contribution in [-0.2, 0) is 9.47 Å². The van der Waals surface area contributed by atoms with Gasteiger partial charge in [0.05, 0.1) is 19.3 Å². The monoisotopic (exact) mass is 263 g/mol. The summed E-state index contributed by atoms with van der Waals surface area (Å²) in [4.78, 5) is 0. The van der Waals surface area contributed by atoms with Crippen LogP contribution in [0.25, 0.3) is 0 Å². The summed E-state index contributed by atoms with van der Waals surface area (Å²) in [6, 6.07) is 6.10. The number of piperidine rings is 1. The summed E-state index contributed by atoms with van der Waals surface area (Å²) in [5.74, 6) is 0.835. The van der Waals surface area contributed by atoms with E-state index in [9.17, 15) is 0 Å². The first-order valence-corrected chi connectivity index (χ1v) is 6.87. The Morgan fingerprint density at radius 3 is 2.84 bits per heavy atom. The third kappa shape index (κ3) is 2.48. The molecule has 0 radical (unpaired) electrons. The molecule has 4 heteroatoms. The molecule has 2 fully saturated rings. The molecule has 2 aliphatic heterocycles. The Balaban J connectivity index is 1.82. The van der Waals surface area contributed by atoms with Crippen molar-refractivity contribution in [1.82, 2.24) is 5.32 Å². The minimum Gasteiger partial charge on any atom is -0.496 e. The Labute approximate surface area is 114 Å². The molecule has 2 heterocycles. The Hall–Kier alpha value is -1.10. The summed E-state index contributed by atoms with van der Waals surface area (Å²) in [5, 5.41) is 3.36. The van der Waals surface area contributed by atoms with E-state index in [1.165, 1.54) is 5.56 Å². The maximum Gasteiger partial charge on any atom is 0.188 e. The van der Waals surface area contributed by atoms with Crippen molar-refractivity contribution in [2.24, 2.45) is 0 Å². The van der Waals surface area contributed by atoms with E-state index >= 15 is 0 Å². The van der Waals surface area contributed by atoms with Gasteiger partial charge in [-0.1, -0.05) is 11.6 Å². The molecule has 0 bridgehead atoms. The van der Waals surface area contributed by atoms with Gasteiger partial charge in [-0.2, -0.15) is 0 Å². The molecule has 1 aromatic rings. The molecule has 19 heavy (non-hydrogen) atoms. The number of nitrogens with one attached hydrogen (secondary N) is 1. The van der Waals surface area contributed by atoms with E-state index in [0.29, 0.717) is 6.61 Å². The fourth-order valence-electron chi connectivity index (χ4n) is 2.86. The minimum atomic E-state index is -0.298. The number of hydrogen-bond donors (Lipinski definition) is 1. The summed E-state index contributed by atoms with van der Waals surface area (Å²) in [6.45, 7) is 4.75. The van der Waals surface area contributed by atoms with Crippen molar-refractivity contribution in [1.29, 1.82) is 0 Å². The lowest BCUT2D eigenvalue weighted by Crippen LogP contribution is -2.43. The van der Waals surface area contributed by atoms with Gasteiger partial charge in [-0.3, -0.25) is 0 Å². The van der Waals surface area contributed by atoms with Crippen molar-refractivity contribution in [3.8, 4) is 5.75 Å². The number of ether oxygens (including phenoxy) is 3. The van der Waals surface area contributed by atoms with Crippen molar-refractivity contribution in [3.63, 3.8) is 0 Å². The van der Waals surface area contributed by atoms with E-state index < -0.39 is 0 Å². The van der Waals surface area contributed by atoms with Gasteiger partial charge in [0.2, 0.25) is 0 Å². The fourth-order valence-corrected chi connectivity index (χ4v) is 2.86. The summed E-state index contributed by atoms with van der Waals surface area (Å²) in [7, 11) is 1.68. The zero-order valence-electron chi connectivity index (χ0n) is 11.6. The van der Waals surface area contributed by atoms with Crippen LogP contribution in [-0.4, -0.2) is 32.4 Å². The molecule has 4 nitrogen and oxygen atoms in total. The number of aryl methyl sites for hydroxylation is 1. The Morgan fingerprint density at radius 2 is 2.11 bits per heavy atom. The van der Waals surface area contributed by atoms with E-state index in [0.717, 1.165) is 37.2 Å². The minimum absolute atomic E-state index is 0.106. The van der Waals surface area contributed by atoms with E-state index in [1.54, 1.807) is 7.11 Å². The van der Waals surface area contributed by atoms with Crippen LogP contribution in [0.4, 0.5) is 0 Å². The van der Waals surface area contributed by atoms with Crippen molar-refractivity contribution < 1.29 is 14.2 Å². The van der Waals surface area contributed by atoms with Gasteiger partial charge in [-0.15, -0.1) is 0 Å². The fraction of sp³-hybridized carbons (Fsp3) is 0.600. The number of hydrogen-bond acceptors (Lipinski definition) is 4. The highest BCUT2D eigenvalue weighted by molar-refractivity contribution is 5.38. The van der Waals surface area contributed by atoms with Gasteiger partial charge >= 0.3 is 0 Å². The number of benzene rings is 1. The van der Waals surface area contributed by atoms with Crippen LogP contribution >= 0.6 is 0 Å². The lowest BCUT2D eigenvalue weighted by atomic mass is 9.93. The van der Waals surface area contributed by atoms with Gasteiger partial charge in [0, 0.05) is 5.56 Å². The van der Waals surface area contributed by atoms with E-state index in [4.69, 9.17) is 14.2 Å². The lowest BCUT2D eigenvalue weighted by molar-refractivity contribution is -0.101. The van der Waals surface area contributed by atoms with Crippen LogP contribution in [0, 0.1) is 6.92 Å². The second-order valence-electron chi connectivity index (χ2n) is 5.44. The van der Waals surface area contributed by atoms with Crippen LogP contribution in [0.15, 0.2) is 18.2 Å². The van der Waals surface area contributed by atoms with Gasteiger partial charge in [0.15, 0.2) is 6.29 Å². The van der Waals surface area contributed by atoms with Gasteiger partial charge in [-0.25, -0.2) is 0 Å². The smallest absolute Gasteiger partial charge is 0.188 e. The second-order valence-corrected chi connectivity index (χ2v) is 5.44. The average Bonchev–Trinajstić information content (AvgIpc) is 2.83. The molecule has 2 aliphatic rings. The molecule has 0 aromatic heterocycles. The molecule has 1 N–H and O–H groups in total. The molecule has 1 spiro atoms. The van der Waals surface area contributed by atoms with Gasteiger partial charge < -0.3 is 19.5 Å². The van der Waals surface area contributed by atoms with E-state index in [2.05, 4.69) is 18.3 Å². The highest BCUT2D eigenvalue weighted by Gasteiger charge is 2.43. The maximum absolute atomic E-state index is 6.23. The molecule has 1 aromatic carbocycles. The molecular weight excluding hydrogens is 242 g/mol. The Morgan fingerprint density at radius 1 is 1.32 bits per heavy atom. The molecule has 1 unspecified atom stereocenters. The largest absolute Gasteiger partial charge is 0.496 e. The Kier molecular flexibility index (Phi) is 3.48. The zero-order valence-corrected chi connectivity index (χ0v) is 11.6. The van der Waals surface area contributed by atoms with Crippen LogP contribution < -0.4 is 10.1 Å². The predicted octanol–water partition coefficient (Wildman–Crippen LogP) is 2.17. The summed E-state index contributed by atoms with van der Waals surface area (Å²) >= 11 is 0. The van der Waals surface area contributed by atoms with Crippen molar-refractivity contribution >= 4 is 0 Å². The molecule has 2 saturated heterocycles. The lowest BCUT2D eigenvalue weighted by Gasteiger charge is -2.31. The van der Waals surface area contributed by atoms with Gasteiger partial charge in [0.25, 0.3) is 0 Å². The third-order valence-electron chi connectivity index (χ3n) is 4.01. The van der Waals surface area contributed by atoms with E-state index in [1.807, 2.05) is 12.1 Å². The maximum atomic E-state index is 6.23. The highest BCUT2D eigenvalue weighted by Crippen LogP contribution is 2.41. The molecule has 0 aliphatic carbocycles. The SMILES string of the molecule is COc1ccc(C)cc1C1OCC2(CCNCC2)O1. The highest BCUT2D eigenvalue weighted by atomic mass is 16.7. The summed E-state index contributed by atoms with van der Waals surface area (Å²) in [5.41, 5.74) is 2.08. The molecular formula is C15H21NO3. The number of methoxy groups -OCH3 is 1. The summed E-state index contributed by atoms with van der Waals surface area (Å²) in [6.07, 6.45) is 1.72. The zero-order chi connectivity index (χ0) is 13.3. The molecule has 0 saturated carbocycles. The first kappa shape index (κ1) is 12.9. The molecule has 0 amide bonds. The van der Waals surface area contributed by atoms with Crippen LogP contribution in [0.5, 0.6) is 5.75 Å². The topological polar surface area (TPSA) is 39.7 Å². The summed E-state index contributed by atoms with van der Waals surface area (Å²) < 4.78 is 17.5. The Bertz CT molecular complexity index is 455. The quantitative estimate of drug-likeness (QED) is 0.887. The molecule has 1 atom stereocenters. The van der Waals surface area contributed by atoms with Crippen molar-refractivity contribution in [3.05, 3.63) is 29.3 Å².